The highest BCUT2D eigenvalue weighted by Gasteiger charge is 2.17. The Morgan fingerprint density at radius 1 is 1.40 bits per heavy atom. The average molecular weight is 301 g/mol. The molecule has 0 aliphatic heterocycles. The van der Waals surface area contributed by atoms with Gasteiger partial charge in [0.2, 0.25) is 5.91 Å². The van der Waals surface area contributed by atoms with Crippen LogP contribution >= 0.6 is 11.6 Å². The number of amides is 1. The summed E-state index contributed by atoms with van der Waals surface area (Å²) in [4.78, 5) is 11.1. The Hall–Kier alpha value is -1.46. The minimum Gasteiger partial charge on any atom is -0.493 e. The fourth-order valence-electron chi connectivity index (χ4n) is 1.73. The molecule has 0 saturated heterocycles. The van der Waals surface area contributed by atoms with Crippen LogP contribution in [-0.4, -0.2) is 25.7 Å². The number of benzene rings is 1. The lowest BCUT2D eigenvalue weighted by Crippen LogP contribution is -2.26. The van der Waals surface area contributed by atoms with Crippen LogP contribution in [-0.2, 0) is 11.2 Å². The standard InChI is InChI=1S/C14H21ClN2O3/c1-8(14(17)18)7-20-13-10(4-9(2)16)5-11(15)6-12(13)19-3/h5-6,8-9H,4,7,16H2,1-3H3,(H2,17,18). The van der Waals surface area contributed by atoms with E-state index in [1.165, 1.54) is 7.11 Å². The fourth-order valence-corrected chi connectivity index (χ4v) is 1.96. The van der Waals surface area contributed by atoms with E-state index < -0.39 is 11.8 Å². The van der Waals surface area contributed by atoms with Gasteiger partial charge in [-0.25, -0.2) is 0 Å². The molecule has 1 amide bonds. The number of halogens is 1. The topological polar surface area (TPSA) is 87.6 Å². The number of carbonyl (C=O) groups excluding carboxylic acids is 1. The summed E-state index contributed by atoms with van der Waals surface area (Å²) in [6, 6.07) is 3.41. The van der Waals surface area contributed by atoms with Gasteiger partial charge in [-0.2, -0.15) is 0 Å². The highest BCUT2D eigenvalue weighted by atomic mass is 35.5. The summed E-state index contributed by atoms with van der Waals surface area (Å²) in [6.45, 7) is 3.78. The lowest BCUT2D eigenvalue weighted by Gasteiger charge is -2.18. The van der Waals surface area contributed by atoms with Gasteiger partial charge >= 0.3 is 0 Å². The number of hydrogen-bond donors (Lipinski definition) is 2. The van der Waals surface area contributed by atoms with E-state index in [0.717, 1.165) is 5.56 Å². The summed E-state index contributed by atoms with van der Waals surface area (Å²) in [5.74, 6) is 0.275. The molecule has 0 radical (unpaired) electrons. The first-order chi connectivity index (χ1) is 9.35. The van der Waals surface area contributed by atoms with Crippen LogP contribution in [0.15, 0.2) is 12.1 Å². The minimum absolute atomic E-state index is 0.0471. The summed E-state index contributed by atoms with van der Waals surface area (Å²) in [7, 11) is 1.53. The summed E-state index contributed by atoms with van der Waals surface area (Å²) in [5.41, 5.74) is 11.9. The van der Waals surface area contributed by atoms with Gasteiger partial charge in [-0.1, -0.05) is 18.5 Å². The maximum absolute atomic E-state index is 11.1. The third-order valence-electron chi connectivity index (χ3n) is 2.82. The SMILES string of the molecule is COc1cc(Cl)cc(CC(C)N)c1OCC(C)C(N)=O. The number of methoxy groups -OCH3 is 1. The van der Waals surface area contributed by atoms with Crippen LogP contribution in [0.3, 0.4) is 0 Å². The van der Waals surface area contributed by atoms with Crippen LogP contribution in [0.5, 0.6) is 11.5 Å². The van der Waals surface area contributed by atoms with Crippen molar-refractivity contribution in [2.45, 2.75) is 26.3 Å². The molecule has 0 bridgehead atoms. The summed E-state index contributed by atoms with van der Waals surface area (Å²) < 4.78 is 11.0. The molecule has 5 nitrogen and oxygen atoms in total. The summed E-state index contributed by atoms with van der Waals surface area (Å²) in [5, 5.41) is 0.549. The van der Waals surface area contributed by atoms with E-state index in [1.54, 1.807) is 19.1 Å². The van der Waals surface area contributed by atoms with Crippen molar-refractivity contribution in [1.82, 2.24) is 0 Å². The average Bonchev–Trinajstić information content (AvgIpc) is 2.35. The van der Waals surface area contributed by atoms with Gasteiger partial charge in [0.15, 0.2) is 11.5 Å². The van der Waals surface area contributed by atoms with E-state index in [2.05, 4.69) is 0 Å². The third-order valence-corrected chi connectivity index (χ3v) is 3.04. The van der Waals surface area contributed by atoms with Crippen molar-refractivity contribution in [3.63, 3.8) is 0 Å². The molecule has 20 heavy (non-hydrogen) atoms. The van der Waals surface area contributed by atoms with E-state index in [1.807, 2.05) is 6.92 Å². The molecule has 6 heteroatoms. The first-order valence-corrected chi connectivity index (χ1v) is 6.77. The molecular formula is C14H21ClN2O3. The quantitative estimate of drug-likeness (QED) is 0.803. The van der Waals surface area contributed by atoms with Gasteiger partial charge in [0.25, 0.3) is 0 Å². The number of rotatable bonds is 7. The normalized spacial score (nSPS) is 13.7. The fraction of sp³-hybridized carbons (Fsp3) is 0.500. The molecule has 1 aromatic carbocycles. The van der Waals surface area contributed by atoms with Crippen molar-refractivity contribution in [1.29, 1.82) is 0 Å². The van der Waals surface area contributed by atoms with Crippen molar-refractivity contribution in [2.75, 3.05) is 13.7 Å². The smallest absolute Gasteiger partial charge is 0.223 e. The zero-order valence-corrected chi connectivity index (χ0v) is 12.7. The van der Waals surface area contributed by atoms with Gasteiger partial charge in [0, 0.05) is 22.7 Å². The molecule has 2 unspecified atom stereocenters. The van der Waals surface area contributed by atoms with E-state index in [-0.39, 0.29) is 12.6 Å². The number of hydrogen-bond acceptors (Lipinski definition) is 4. The van der Waals surface area contributed by atoms with E-state index in [0.29, 0.717) is 22.9 Å². The predicted octanol–water partition coefficient (Wildman–Crippen LogP) is 1.74. The Morgan fingerprint density at radius 3 is 2.55 bits per heavy atom. The van der Waals surface area contributed by atoms with Crippen LogP contribution in [0.25, 0.3) is 0 Å². The van der Waals surface area contributed by atoms with Gasteiger partial charge in [0.05, 0.1) is 19.6 Å². The molecule has 112 valence electrons. The molecule has 0 saturated carbocycles. The highest BCUT2D eigenvalue weighted by Crippen LogP contribution is 2.35. The van der Waals surface area contributed by atoms with Crippen LogP contribution < -0.4 is 20.9 Å². The number of primary amides is 1. The van der Waals surface area contributed by atoms with Gasteiger partial charge in [-0.3, -0.25) is 4.79 Å². The predicted molar refractivity (Wildman–Crippen MR) is 79.2 cm³/mol. The zero-order chi connectivity index (χ0) is 15.3. The van der Waals surface area contributed by atoms with Crippen molar-refractivity contribution < 1.29 is 14.3 Å². The summed E-state index contributed by atoms with van der Waals surface area (Å²) in [6.07, 6.45) is 0.594. The number of nitrogens with two attached hydrogens (primary N) is 2. The Morgan fingerprint density at radius 2 is 2.05 bits per heavy atom. The van der Waals surface area contributed by atoms with Crippen molar-refractivity contribution in [3.05, 3.63) is 22.7 Å². The highest BCUT2D eigenvalue weighted by molar-refractivity contribution is 6.30. The lowest BCUT2D eigenvalue weighted by atomic mass is 10.1. The molecule has 2 atom stereocenters. The molecule has 1 aromatic rings. The van der Waals surface area contributed by atoms with E-state index >= 15 is 0 Å². The second-order valence-corrected chi connectivity index (χ2v) is 5.33. The monoisotopic (exact) mass is 300 g/mol. The molecule has 0 heterocycles. The van der Waals surface area contributed by atoms with E-state index in [9.17, 15) is 4.79 Å². The number of ether oxygens (including phenoxy) is 2. The van der Waals surface area contributed by atoms with Crippen LogP contribution in [0, 0.1) is 5.92 Å². The minimum atomic E-state index is -0.410. The lowest BCUT2D eigenvalue weighted by molar-refractivity contribution is -0.122. The Balaban J connectivity index is 3.03. The third kappa shape index (κ3) is 4.58. The largest absolute Gasteiger partial charge is 0.493 e. The van der Waals surface area contributed by atoms with Crippen LogP contribution in [0.2, 0.25) is 5.02 Å². The molecule has 0 aliphatic rings. The van der Waals surface area contributed by atoms with Gasteiger partial charge in [-0.05, 0) is 19.4 Å². The maximum Gasteiger partial charge on any atom is 0.223 e. The second-order valence-electron chi connectivity index (χ2n) is 4.89. The van der Waals surface area contributed by atoms with Crippen molar-refractivity contribution >= 4 is 17.5 Å². The molecule has 4 N–H and O–H groups in total. The van der Waals surface area contributed by atoms with Gasteiger partial charge in [0.1, 0.15) is 0 Å². The van der Waals surface area contributed by atoms with Crippen molar-refractivity contribution in [3.8, 4) is 11.5 Å². The summed E-state index contributed by atoms with van der Waals surface area (Å²) >= 11 is 6.05. The first kappa shape index (κ1) is 16.6. The zero-order valence-electron chi connectivity index (χ0n) is 12.0. The Bertz CT molecular complexity index is 478. The number of carbonyl (C=O) groups is 1. The van der Waals surface area contributed by atoms with Crippen molar-refractivity contribution in [2.24, 2.45) is 17.4 Å². The van der Waals surface area contributed by atoms with Gasteiger partial charge in [-0.15, -0.1) is 0 Å². The Labute approximate surface area is 124 Å². The van der Waals surface area contributed by atoms with E-state index in [4.69, 9.17) is 32.5 Å². The molecule has 0 aliphatic carbocycles. The second kappa shape index (κ2) is 7.36. The maximum atomic E-state index is 11.1. The molecule has 1 rings (SSSR count). The van der Waals surface area contributed by atoms with Crippen LogP contribution in [0.1, 0.15) is 19.4 Å². The first-order valence-electron chi connectivity index (χ1n) is 6.39. The van der Waals surface area contributed by atoms with Gasteiger partial charge < -0.3 is 20.9 Å². The molecule has 0 spiro atoms. The van der Waals surface area contributed by atoms with Crippen LogP contribution in [0.4, 0.5) is 0 Å². The molecule has 0 fully saturated rings. The molecular weight excluding hydrogens is 280 g/mol. The molecule has 0 aromatic heterocycles. The Kier molecular flexibility index (Phi) is 6.10.